The van der Waals surface area contributed by atoms with Crippen LogP contribution < -0.4 is 0 Å². The zero-order valence-corrected chi connectivity index (χ0v) is 17.6. The molecular formula is C26H42. The second-order valence-corrected chi connectivity index (χ2v) is 9.35. The summed E-state index contributed by atoms with van der Waals surface area (Å²) in [5.41, 5.74) is 5.02. The first kappa shape index (κ1) is 20.0. The van der Waals surface area contributed by atoms with Crippen LogP contribution in [0.25, 0.3) is 0 Å². The van der Waals surface area contributed by atoms with Gasteiger partial charge in [-0.25, -0.2) is 0 Å². The number of benzene rings is 1. The summed E-state index contributed by atoms with van der Waals surface area (Å²) >= 11 is 0. The highest BCUT2D eigenvalue weighted by molar-refractivity contribution is 5.36. The minimum absolute atomic E-state index is 0.852. The van der Waals surface area contributed by atoms with Crippen LogP contribution in [0.3, 0.4) is 0 Å². The smallest absolute Gasteiger partial charge is 0.0162 e. The third-order valence-electron chi connectivity index (χ3n) is 7.29. The van der Waals surface area contributed by atoms with E-state index in [1.54, 1.807) is 16.7 Å². The second-order valence-electron chi connectivity index (χ2n) is 9.35. The SMILES string of the molecule is CCCCCCC[C@H]1CC[C@H](c2ccc3c(c2)CCC(CCC)C3)CC1. The first-order valence-electron chi connectivity index (χ1n) is 11.9. The molecule has 0 bridgehead atoms. The van der Waals surface area contributed by atoms with Crippen LogP contribution in [-0.2, 0) is 12.8 Å². The zero-order chi connectivity index (χ0) is 18.2. The van der Waals surface area contributed by atoms with Gasteiger partial charge in [0.2, 0.25) is 0 Å². The van der Waals surface area contributed by atoms with Crippen molar-refractivity contribution in [2.45, 2.75) is 116 Å². The molecule has 0 saturated heterocycles. The summed E-state index contributed by atoms with van der Waals surface area (Å²) in [5, 5.41) is 0. The summed E-state index contributed by atoms with van der Waals surface area (Å²) in [7, 11) is 0. The van der Waals surface area contributed by atoms with Gasteiger partial charge in [-0.15, -0.1) is 0 Å². The van der Waals surface area contributed by atoms with E-state index in [0.717, 1.165) is 17.8 Å². The van der Waals surface area contributed by atoms with Crippen molar-refractivity contribution in [3.8, 4) is 0 Å². The number of aryl methyl sites for hydroxylation is 1. The van der Waals surface area contributed by atoms with Crippen LogP contribution in [0, 0.1) is 11.8 Å². The predicted octanol–water partition coefficient (Wildman–Crippen LogP) is 8.23. The van der Waals surface area contributed by atoms with E-state index in [-0.39, 0.29) is 0 Å². The monoisotopic (exact) mass is 354 g/mol. The van der Waals surface area contributed by atoms with Gasteiger partial charge in [0.05, 0.1) is 0 Å². The molecule has 0 amide bonds. The molecule has 1 unspecified atom stereocenters. The fourth-order valence-electron chi connectivity index (χ4n) is 5.58. The van der Waals surface area contributed by atoms with Crippen molar-refractivity contribution in [1.82, 2.24) is 0 Å². The largest absolute Gasteiger partial charge is 0.0654 e. The molecule has 1 fully saturated rings. The normalized spacial score (nSPS) is 25.8. The van der Waals surface area contributed by atoms with E-state index in [2.05, 4.69) is 32.0 Å². The lowest BCUT2D eigenvalue weighted by atomic mass is 9.75. The van der Waals surface area contributed by atoms with Crippen LogP contribution in [0.2, 0.25) is 0 Å². The minimum atomic E-state index is 0.852. The number of fused-ring (bicyclic) bond motifs is 1. The minimum Gasteiger partial charge on any atom is -0.0654 e. The Morgan fingerprint density at radius 1 is 0.731 bits per heavy atom. The third-order valence-corrected chi connectivity index (χ3v) is 7.29. The van der Waals surface area contributed by atoms with E-state index in [9.17, 15) is 0 Å². The van der Waals surface area contributed by atoms with Gasteiger partial charge in [0.25, 0.3) is 0 Å². The van der Waals surface area contributed by atoms with E-state index in [1.165, 1.54) is 96.3 Å². The molecule has 26 heavy (non-hydrogen) atoms. The summed E-state index contributed by atoms with van der Waals surface area (Å²) in [6, 6.07) is 7.59. The summed E-state index contributed by atoms with van der Waals surface area (Å²) in [4.78, 5) is 0. The van der Waals surface area contributed by atoms with Crippen LogP contribution >= 0.6 is 0 Å². The lowest BCUT2D eigenvalue weighted by Crippen LogP contribution is -2.16. The summed E-state index contributed by atoms with van der Waals surface area (Å²) in [6.07, 6.45) is 21.4. The molecule has 0 nitrogen and oxygen atoms in total. The Labute approximate surface area is 163 Å². The third kappa shape index (κ3) is 5.61. The van der Waals surface area contributed by atoms with E-state index in [0.29, 0.717) is 0 Å². The van der Waals surface area contributed by atoms with Crippen LogP contribution in [0.4, 0.5) is 0 Å². The lowest BCUT2D eigenvalue weighted by molar-refractivity contribution is 0.301. The molecular weight excluding hydrogens is 312 g/mol. The maximum Gasteiger partial charge on any atom is -0.0162 e. The highest BCUT2D eigenvalue weighted by Crippen LogP contribution is 2.39. The zero-order valence-electron chi connectivity index (χ0n) is 17.6. The van der Waals surface area contributed by atoms with Crippen LogP contribution in [-0.4, -0.2) is 0 Å². The van der Waals surface area contributed by atoms with Gasteiger partial charge in [-0.1, -0.05) is 83.4 Å². The van der Waals surface area contributed by atoms with Gasteiger partial charge in [0.15, 0.2) is 0 Å². The molecule has 0 aliphatic heterocycles. The van der Waals surface area contributed by atoms with Crippen molar-refractivity contribution in [3.63, 3.8) is 0 Å². The quantitative estimate of drug-likeness (QED) is 0.392. The van der Waals surface area contributed by atoms with Gasteiger partial charge >= 0.3 is 0 Å². The first-order valence-corrected chi connectivity index (χ1v) is 11.9. The van der Waals surface area contributed by atoms with Crippen molar-refractivity contribution in [2.75, 3.05) is 0 Å². The van der Waals surface area contributed by atoms with E-state index in [1.807, 2.05) is 0 Å². The van der Waals surface area contributed by atoms with E-state index in [4.69, 9.17) is 0 Å². The topological polar surface area (TPSA) is 0 Å². The first-order chi connectivity index (χ1) is 12.8. The Morgan fingerprint density at radius 2 is 1.54 bits per heavy atom. The molecule has 3 rings (SSSR count). The molecule has 1 saturated carbocycles. The molecule has 1 aromatic rings. The Kier molecular flexibility index (Phi) is 8.08. The van der Waals surface area contributed by atoms with E-state index < -0.39 is 0 Å². The molecule has 0 aromatic heterocycles. The van der Waals surface area contributed by atoms with Gasteiger partial charge in [-0.2, -0.15) is 0 Å². The molecule has 2 aliphatic rings. The van der Waals surface area contributed by atoms with Crippen molar-refractivity contribution in [3.05, 3.63) is 34.9 Å². The maximum absolute atomic E-state index is 2.60. The van der Waals surface area contributed by atoms with Crippen molar-refractivity contribution in [2.24, 2.45) is 11.8 Å². The van der Waals surface area contributed by atoms with Crippen LogP contribution in [0.5, 0.6) is 0 Å². The van der Waals surface area contributed by atoms with Gasteiger partial charge in [0, 0.05) is 0 Å². The number of hydrogen-bond acceptors (Lipinski definition) is 0. The van der Waals surface area contributed by atoms with Crippen LogP contribution in [0.15, 0.2) is 18.2 Å². The molecule has 146 valence electrons. The summed E-state index contributed by atoms with van der Waals surface area (Å²) < 4.78 is 0. The number of rotatable bonds is 9. The average Bonchev–Trinajstić information content (AvgIpc) is 2.68. The number of unbranched alkanes of at least 4 members (excludes halogenated alkanes) is 4. The van der Waals surface area contributed by atoms with Gasteiger partial charge in [-0.05, 0) is 79.4 Å². The number of hydrogen-bond donors (Lipinski definition) is 0. The average molecular weight is 355 g/mol. The standard InChI is InChI=1S/C26H42/c1-3-5-6-7-8-10-21-11-14-23(15-12-21)25-18-17-24-19-22(9-4-2)13-16-26(24)20-25/h17-18,20-23H,3-16,19H2,1-2H3/t21-,22?,23-. The Balaban J connectivity index is 1.45. The Morgan fingerprint density at radius 3 is 2.31 bits per heavy atom. The van der Waals surface area contributed by atoms with E-state index >= 15 is 0 Å². The molecule has 0 spiro atoms. The Bertz CT molecular complexity index is 521. The van der Waals surface area contributed by atoms with Gasteiger partial charge < -0.3 is 0 Å². The Hall–Kier alpha value is -0.780. The van der Waals surface area contributed by atoms with Crippen molar-refractivity contribution in [1.29, 1.82) is 0 Å². The fraction of sp³-hybridized carbons (Fsp3) is 0.769. The molecule has 0 heteroatoms. The molecule has 1 aromatic carbocycles. The maximum atomic E-state index is 2.60. The van der Waals surface area contributed by atoms with Crippen molar-refractivity contribution >= 4 is 0 Å². The van der Waals surface area contributed by atoms with Crippen LogP contribution in [0.1, 0.15) is 120 Å². The molecule has 0 N–H and O–H groups in total. The summed E-state index contributed by atoms with van der Waals surface area (Å²) in [6.45, 7) is 4.64. The molecule has 0 radical (unpaired) electrons. The van der Waals surface area contributed by atoms with Gasteiger partial charge in [0.1, 0.15) is 0 Å². The molecule has 1 atom stereocenters. The highest BCUT2D eigenvalue weighted by Gasteiger charge is 2.24. The predicted molar refractivity (Wildman–Crippen MR) is 115 cm³/mol. The lowest BCUT2D eigenvalue weighted by Gasteiger charge is -2.30. The second kappa shape index (κ2) is 10.5. The highest BCUT2D eigenvalue weighted by atomic mass is 14.3. The fourth-order valence-corrected chi connectivity index (χ4v) is 5.58. The van der Waals surface area contributed by atoms with Crippen molar-refractivity contribution < 1.29 is 0 Å². The summed E-state index contributed by atoms with van der Waals surface area (Å²) in [5.74, 6) is 2.83. The molecule has 0 heterocycles. The van der Waals surface area contributed by atoms with Gasteiger partial charge in [-0.3, -0.25) is 0 Å². The molecule has 2 aliphatic carbocycles.